The van der Waals surface area contributed by atoms with Crippen LogP contribution >= 0.6 is 11.6 Å². The van der Waals surface area contributed by atoms with E-state index in [2.05, 4.69) is 5.32 Å². The van der Waals surface area contributed by atoms with Crippen LogP contribution in [0.5, 0.6) is 0 Å². The van der Waals surface area contributed by atoms with Crippen LogP contribution in [-0.2, 0) is 16.6 Å². The second-order valence-corrected chi connectivity index (χ2v) is 7.98. The number of piperidine rings is 1. The Morgan fingerprint density at radius 1 is 1.29 bits per heavy atom. The minimum Gasteiger partial charge on any atom is -0.316 e. The molecule has 1 saturated heterocycles. The zero-order chi connectivity index (χ0) is 15.6. The van der Waals surface area contributed by atoms with Crippen molar-refractivity contribution in [2.45, 2.75) is 56.6 Å². The number of nitrogens with one attached hydrogen (secondary N) is 1. The molecule has 2 rings (SSSR count). The fourth-order valence-corrected chi connectivity index (χ4v) is 5.45. The van der Waals surface area contributed by atoms with Crippen molar-refractivity contribution in [2.24, 2.45) is 0 Å². The third kappa shape index (κ3) is 3.42. The first kappa shape index (κ1) is 16.7. The molecule has 0 radical (unpaired) electrons. The summed E-state index contributed by atoms with van der Waals surface area (Å²) in [6.45, 7) is 4.56. The average molecular weight is 331 g/mol. The molecule has 0 saturated carbocycles. The highest BCUT2D eigenvalue weighted by Gasteiger charge is 2.36. The van der Waals surface area contributed by atoms with Crippen molar-refractivity contribution in [3.05, 3.63) is 28.8 Å². The second-order valence-electron chi connectivity index (χ2n) is 5.76. The van der Waals surface area contributed by atoms with E-state index in [0.717, 1.165) is 24.8 Å². The Balaban J connectivity index is 2.45. The Kier molecular flexibility index (Phi) is 5.30. The summed E-state index contributed by atoms with van der Waals surface area (Å²) in [7, 11) is -1.73. The maximum absolute atomic E-state index is 13.0. The summed E-state index contributed by atoms with van der Waals surface area (Å²) >= 11 is 6.17. The third-order valence-electron chi connectivity index (χ3n) is 4.04. The van der Waals surface area contributed by atoms with Crippen molar-refractivity contribution in [1.29, 1.82) is 0 Å². The van der Waals surface area contributed by atoms with Crippen LogP contribution in [0, 0.1) is 0 Å². The minimum absolute atomic E-state index is 0.0165. The molecule has 2 unspecified atom stereocenters. The van der Waals surface area contributed by atoms with E-state index in [9.17, 15) is 8.42 Å². The number of hydrogen-bond acceptors (Lipinski definition) is 3. The maximum Gasteiger partial charge on any atom is 0.245 e. The van der Waals surface area contributed by atoms with Gasteiger partial charge in [0.1, 0.15) is 4.90 Å². The predicted octanol–water partition coefficient (Wildman–Crippen LogP) is 3.01. The van der Waals surface area contributed by atoms with Gasteiger partial charge in [0.15, 0.2) is 0 Å². The van der Waals surface area contributed by atoms with E-state index in [-0.39, 0.29) is 17.0 Å². The van der Waals surface area contributed by atoms with Crippen molar-refractivity contribution >= 4 is 21.6 Å². The summed E-state index contributed by atoms with van der Waals surface area (Å²) in [5, 5.41) is 3.32. The Labute approximate surface area is 132 Å². The molecular formula is C15H23ClN2O2S. The first-order valence-electron chi connectivity index (χ1n) is 7.34. The van der Waals surface area contributed by atoms with E-state index in [4.69, 9.17) is 11.6 Å². The molecule has 4 nitrogen and oxygen atoms in total. The number of rotatable bonds is 4. The summed E-state index contributed by atoms with van der Waals surface area (Å²) in [5.41, 5.74) is 0.915. The normalized spacial score (nSPS) is 24.2. The van der Waals surface area contributed by atoms with Gasteiger partial charge in [-0.25, -0.2) is 8.42 Å². The quantitative estimate of drug-likeness (QED) is 0.923. The van der Waals surface area contributed by atoms with Crippen LogP contribution in [-0.4, -0.2) is 31.9 Å². The summed E-state index contributed by atoms with van der Waals surface area (Å²) < 4.78 is 27.6. The second kappa shape index (κ2) is 6.65. The van der Waals surface area contributed by atoms with Gasteiger partial charge in [-0.3, -0.25) is 0 Å². The summed E-state index contributed by atoms with van der Waals surface area (Å²) in [4.78, 5) is 0.220. The van der Waals surface area contributed by atoms with Gasteiger partial charge in [0.25, 0.3) is 0 Å². The molecule has 1 aliphatic heterocycles. The van der Waals surface area contributed by atoms with Gasteiger partial charge in [-0.1, -0.05) is 24.1 Å². The van der Waals surface area contributed by atoms with Crippen LogP contribution < -0.4 is 5.32 Å². The Morgan fingerprint density at radius 2 is 1.90 bits per heavy atom. The van der Waals surface area contributed by atoms with Crippen LogP contribution in [0.1, 0.15) is 38.7 Å². The molecule has 0 aromatic heterocycles. The molecular weight excluding hydrogens is 308 g/mol. The van der Waals surface area contributed by atoms with Crippen molar-refractivity contribution < 1.29 is 8.42 Å². The molecule has 0 aliphatic carbocycles. The molecule has 1 fully saturated rings. The standard InChI is InChI=1S/C15H23ClN2O2S/c1-11-5-4-6-12(2)18(11)21(19,20)15-9-13(10-17-3)7-8-14(15)16/h7-9,11-12,17H,4-6,10H2,1-3H3. The average Bonchev–Trinajstić information content (AvgIpc) is 2.40. The number of halogens is 1. The molecule has 1 N–H and O–H groups in total. The van der Waals surface area contributed by atoms with E-state index < -0.39 is 10.0 Å². The monoisotopic (exact) mass is 330 g/mol. The van der Waals surface area contributed by atoms with E-state index in [1.165, 1.54) is 0 Å². The smallest absolute Gasteiger partial charge is 0.245 e. The Hall–Kier alpha value is -0.620. The van der Waals surface area contributed by atoms with Gasteiger partial charge in [-0.15, -0.1) is 0 Å². The first-order chi connectivity index (χ1) is 9.87. The minimum atomic E-state index is -3.56. The van der Waals surface area contributed by atoms with Crippen molar-refractivity contribution in [1.82, 2.24) is 9.62 Å². The van der Waals surface area contributed by atoms with Crippen LogP contribution in [0.15, 0.2) is 23.1 Å². The van der Waals surface area contributed by atoms with Gasteiger partial charge in [-0.05, 0) is 51.4 Å². The van der Waals surface area contributed by atoms with Gasteiger partial charge in [-0.2, -0.15) is 4.31 Å². The van der Waals surface area contributed by atoms with Gasteiger partial charge < -0.3 is 5.32 Å². The molecule has 21 heavy (non-hydrogen) atoms. The highest BCUT2D eigenvalue weighted by molar-refractivity contribution is 7.89. The lowest BCUT2D eigenvalue weighted by Crippen LogP contribution is -2.47. The molecule has 1 aromatic carbocycles. The largest absolute Gasteiger partial charge is 0.316 e. The lowest BCUT2D eigenvalue weighted by molar-refractivity contribution is 0.204. The zero-order valence-corrected chi connectivity index (χ0v) is 14.3. The van der Waals surface area contributed by atoms with Gasteiger partial charge in [0, 0.05) is 18.6 Å². The molecule has 1 aliphatic rings. The SMILES string of the molecule is CNCc1ccc(Cl)c(S(=O)(=O)N2C(C)CCCC2C)c1. The lowest BCUT2D eigenvalue weighted by Gasteiger charge is -2.37. The Morgan fingerprint density at radius 3 is 2.48 bits per heavy atom. The van der Waals surface area contributed by atoms with E-state index in [1.54, 1.807) is 16.4 Å². The molecule has 1 heterocycles. The Bertz CT molecular complexity index is 594. The first-order valence-corrected chi connectivity index (χ1v) is 9.16. The van der Waals surface area contributed by atoms with Crippen molar-refractivity contribution in [2.75, 3.05) is 7.05 Å². The van der Waals surface area contributed by atoms with Crippen LogP contribution in [0.3, 0.4) is 0 Å². The van der Waals surface area contributed by atoms with Crippen molar-refractivity contribution in [3.63, 3.8) is 0 Å². The molecule has 118 valence electrons. The lowest BCUT2D eigenvalue weighted by atomic mass is 10.0. The molecule has 1 aromatic rings. The van der Waals surface area contributed by atoms with E-state index >= 15 is 0 Å². The highest BCUT2D eigenvalue weighted by atomic mass is 35.5. The maximum atomic E-state index is 13.0. The molecule has 6 heteroatoms. The topological polar surface area (TPSA) is 49.4 Å². The van der Waals surface area contributed by atoms with E-state index in [0.29, 0.717) is 11.6 Å². The van der Waals surface area contributed by atoms with Gasteiger partial charge >= 0.3 is 0 Å². The molecule has 2 atom stereocenters. The van der Waals surface area contributed by atoms with Crippen LogP contribution in [0.2, 0.25) is 5.02 Å². The summed E-state index contributed by atoms with van der Waals surface area (Å²) in [6, 6.07) is 5.23. The fourth-order valence-electron chi connectivity index (χ4n) is 3.04. The number of benzene rings is 1. The molecule has 0 spiro atoms. The summed E-state index contributed by atoms with van der Waals surface area (Å²) in [5.74, 6) is 0. The molecule has 0 bridgehead atoms. The fraction of sp³-hybridized carbons (Fsp3) is 0.600. The third-order valence-corrected chi connectivity index (χ3v) is 6.65. The highest BCUT2D eigenvalue weighted by Crippen LogP contribution is 2.33. The number of nitrogens with zero attached hydrogens (tertiary/aromatic N) is 1. The van der Waals surface area contributed by atoms with E-state index in [1.807, 2.05) is 27.0 Å². The number of sulfonamides is 1. The zero-order valence-electron chi connectivity index (χ0n) is 12.8. The van der Waals surface area contributed by atoms with Gasteiger partial charge in [0.2, 0.25) is 10.0 Å². The predicted molar refractivity (Wildman–Crippen MR) is 86.0 cm³/mol. The van der Waals surface area contributed by atoms with Crippen molar-refractivity contribution in [3.8, 4) is 0 Å². The number of hydrogen-bond donors (Lipinski definition) is 1. The van der Waals surface area contributed by atoms with Gasteiger partial charge in [0.05, 0.1) is 5.02 Å². The molecule has 0 amide bonds. The van der Waals surface area contributed by atoms with Crippen LogP contribution in [0.25, 0.3) is 0 Å². The summed E-state index contributed by atoms with van der Waals surface area (Å²) in [6.07, 6.45) is 2.87. The van der Waals surface area contributed by atoms with Crippen LogP contribution in [0.4, 0.5) is 0 Å².